The molecule has 0 bridgehead atoms. The summed E-state index contributed by atoms with van der Waals surface area (Å²) in [6.07, 6.45) is 0.881. The third kappa shape index (κ3) is 2.54. The lowest BCUT2D eigenvalue weighted by molar-refractivity contribution is -0.147. The first-order chi connectivity index (χ1) is 8.10. The number of carboxylic acid groups (broad SMARTS) is 1. The van der Waals surface area contributed by atoms with Gasteiger partial charge in [0.25, 0.3) is 0 Å². The van der Waals surface area contributed by atoms with Crippen molar-refractivity contribution in [2.75, 3.05) is 13.1 Å². The summed E-state index contributed by atoms with van der Waals surface area (Å²) in [7, 11) is 0. The molecule has 0 aliphatic carbocycles. The van der Waals surface area contributed by atoms with Crippen LogP contribution >= 0.6 is 0 Å². The number of rotatable bonds is 5. The van der Waals surface area contributed by atoms with E-state index in [4.69, 9.17) is 4.74 Å². The van der Waals surface area contributed by atoms with Gasteiger partial charge in [-0.1, -0.05) is 13.8 Å². The second kappa shape index (κ2) is 4.82. The number of carbonyl (C=O) groups is 1. The van der Waals surface area contributed by atoms with Crippen LogP contribution in [0.25, 0.3) is 0 Å². The van der Waals surface area contributed by atoms with E-state index in [9.17, 15) is 9.90 Å². The van der Waals surface area contributed by atoms with Crippen molar-refractivity contribution >= 4 is 5.97 Å². The molecule has 1 unspecified atom stereocenters. The van der Waals surface area contributed by atoms with E-state index in [0.717, 1.165) is 19.5 Å². The molecule has 106 valence electrons. The van der Waals surface area contributed by atoms with Gasteiger partial charge in [-0.2, -0.15) is 0 Å². The third-order valence-electron chi connectivity index (χ3n) is 4.18. The number of hydrogen-bond acceptors (Lipinski definition) is 3. The Morgan fingerprint density at radius 3 is 2.00 bits per heavy atom. The van der Waals surface area contributed by atoms with Crippen molar-refractivity contribution in [1.29, 1.82) is 0 Å². The van der Waals surface area contributed by atoms with Crippen molar-refractivity contribution in [2.24, 2.45) is 0 Å². The highest BCUT2D eigenvalue weighted by molar-refractivity contribution is 5.69. The summed E-state index contributed by atoms with van der Waals surface area (Å²) < 4.78 is 6.13. The first-order valence-corrected chi connectivity index (χ1v) is 6.77. The number of ether oxygens (including phenoxy) is 1. The Hall–Kier alpha value is -0.610. The van der Waals surface area contributed by atoms with Gasteiger partial charge in [0.1, 0.15) is 0 Å². The summed E-state index contributed by atoms with van der Waals surface area (Å²) in [5.74, 6) is -0.753. The normalized spacial score (nSPS) is 29.7. The van der Waals surface area contributed by atoms with E-state index in [0.29, 0.717) is 0 Å². The fraction of sp³-hybridized carbons (Fsp3) is 0.929. The standard InChI is InChI=1S/C14H27NO3/c1-7-15(8-2)14(9-11(16)17)10-12(3,4)18-13(14,5)6/h7-10H2,1-6H3,(H,16,17). The van der Waals surface area contributed by atoms with Crippen LogP contribution in [0.4, 0.5) is 0 Å². The first kappa shape index (κ1) is 15.4. The Bertz CT molecular complexity index is 321. The minimum atomic E-state index is -0.753. The highest BCUT2D eigenvalue weighted by Gasteiger charge is 2.60. The maximum atomic E-state index is 11.3. The molecular formula is C14H27NO3. The molecule has 0 aromatic rings. The molecule has 0 saturated carbocycles. The molecule has 0 spiro atoms. The van der Waals surface area contributed by atoms with Crippen molar-refractivity contribution in [1.82, 2.24) is 4.90 Å². The van der Waals surface area contributed by atoms with Crippen molar-refractivity contribution < 1.29 is 14.6 Å². The van der Waals surface area contributed by atoms with Crippen LogP contribution in [0.3, 0.4) is 0 Å². The lowest BCUT2D eigenvalue weighted by Crippen LogP contribution is -2.60. The maximum absolute atomic E-state index is 11.3. The summed E-state index contributed by atoms with van der Waals surface area (Å²) in [5.41, 5.74) is -1.16. The molecule has 1 heterocycles. The van der Waals surface area contributed by atoms with Crippen LogP contribution in [-0.2, 0) is 9.53 Å². The summed E-state index contributed by atoms with van der Waals surface area (Å²) >= 11 is 0. The molecule has 1 aliphatic heterocycles. The van der Waals surface area contributed by atoms with Crippen LogP contribution in [0.5, 0.6) is 0 Å². The molecule has 0 amide bonds. The van der Waals surface area contributed by atoms with Crippen LogP contribution in [0.2, 0.25) is 0 Å². The van der Waals surface area contributed by atoms with Gasteiger partial charge in [0, 0.05) is 0 Å². The number of hydrogen-bond donors (Lipinski definition) is 1. The van der Waals surface area contributed by atoms with E-state index in [-0.39, 0.29) is 12.0 Å². The first-order valence-electron chi connectivity index (χ1n) is 6.77. The highest BCUT2D eigenvalue weighted by atomic mass is 16.5. The van der Waals surface area contributed by atoms with Gasteiger partial charge in [-0.15, -0.1) is 0 Å². The van der Waals surface area contributed by atoms with Crippen LogP contribution in [0.1, 0.15) is 54.4 Å². The van der Waals surface area contributed by atoms with Gasteiger partial charge < -0.3 is 9.84 Å². The maximum Gasteiger partial charge on any atom is 0.305 e. The highest BCUT2D eigenvalue weighted by Crippen LogP contribution is 2.50. The Labute approximate surface area is 110 Å². The quantitative estimate of drug-likeness (QED) is 0.822. The van der Waals surface area contributed by atoms with E-state index < -0.39 is 17.1 Å². The molecule has 0 aromatic heterocycles. The molecular weight excluding hydrogens is 230 g/mol. The summed E-state index contributed by atoms with van der Waals surface area (Å²) in [4.78, 5) is 13.6. The van der Waals surface area contributed by atoms with E-state index >= 15 is 0 Å². The summed E-state index contributed by atoms with van der Waals surface area (Å²) in [5, 5.41) is 9.30. The van der Waals surface area contributed by atoms with Crippen molar-refractivity contribution in [3.63, 3.8) is 0 Å². The zero-order valence-corrected chi connectivity index (χ0v) is 12.5. The van der Waals surface area contributed by atoms with E-state index in [1.165, 1.54) is 0 Å². The number of nitrogens with zero attached hydrogens (tertiary/aromatic N) is 1. The predicted molar refractivity (Wildman–Crippen MR) is 71.8 cm³/mol. The summed E-state index contributed by atoms with van der Waals surface area (Å²) in [6.45, 7) is 14.0. The Kier molecular flexibility index (Phi) is 4.13. The molecule has 0 aromatic carbocycles. The second-order valence-electron chi connectivity index (χ2n) is 6.32. The second-order valence-corrected chi connectivity index (χ2v) is 6.32. The van der Waals surface area contributed by atoms with E-state index in [1.54, 1.807) is 0 Å². The van der Waals surface area contributed by atoms with Gasteiger partial charge in [0.05, 0.1) is 23.2 Å². The molecule has 0 radical (unpaired) electrons. The average molecular weight is 257 g/mol. The molecule has 1 aliphatic rings. The zero-order chi connectivity index (χ0) is 14.2. The SMILES string of the molecule is CCN(CC)C1(CC(=O)O)CC(C)(C)OC1(C)C. The molecule has 1 N–H and O–H groups in total. The monoisotopic (exact) mass is 257 g/mol. The van der Waals surface area contributed by atoms with Crippen LogP contribution in [0, 0.1) is 0 Å². The number of aliphatic carboxylic acids is 1. The predicted octanol–water partition coefficient (Wildman–Crippen LogP) is 2.52. The minimum Gasteiger partial charge on any atom is -0.481 e. The van der Waals surface area contributed by atoms with Gasteiger partial charge in [-0.25, -0.2) is 0 Å². The molecule has 1 saturated heterocycles. The lowest BCUT2D eigenvalue weighted by Gasteiger charge is -2.47. The Morgan fingerprint density at radius 2 is 1.72 bits per heavy atom. The minimum absolute atomic E-state index is 0.130. The van der Waals surface area contributed by atoms with Crippen molar-refractivity contribution in [3.8, 4) is 0 Å². The Morgan fingerprint density at radius 1 is 1.22 bits per heavy atom. The fourth-order valence-corrected chi connectivity index (χ4v) is 3.70. The molecule has 18 heavy (non-hydrogen) atoms. The smallest absolute Gasteiger partial charge is 0.305 e. The van der Waals surface area contributed by atoms with E-state index in [1.807, 2.05) is 27.7 Å². The molecule has 1 rings (SSSR count). The average Bonchev–Trinajstić information content (AvgIpc) is 2.32. The van der Waals surface area contributed by atoms with Crippen LogP contribution < -0.4 is 0 Å². The molecule has 1 fully saturated rings. The van der Waals surface area contributed by atoms with Gasteiger partial charge in [0.15, 0.2) is 0 Å². The van der Waals surface area contributed by atoms with Crippen molar-refractivity contribution in [3.05, 3.63) is 0 Å². The molecule has 4 heteroatoms. The molecule has 4 nitrogen and oxygen atoms in total. The molecule has 1 atom stereocenters. The fourth-order valence-electron chi connectivity index (χ4n) is 3.70. The zero-order valence-electron chi connectivity index (χ0n) is 12.5. The number of carboxylic acids is 1. The summed E-state index contributed by atoms with van der Waals surface area (Å²) in [6, 6.07) is 0. The Balaban J connectivity index is 3.23. The number of likely N-dealkylation sites (N-methyl/N-ethyl adjacent to an activating group) is 1. The van der Waals surface area contributed by atoms with Crippen LogP contribution in [-0.4, -0.2) is 45.8 Å². The topological polar surface area (TPSA) is 49.8 Å². The lowest BCUT2D eigenvalue weighted by atomic mass is 9.75. The van der Waals surface area contributed by atoms with E-state index in [2.05, 4.69) is 18.7 Å². The van der Waals surface area contributed by atoms with Crippen LogP contribution in [0.15, 0.2) is 0 Å². The van der Waals surface area contributed by atoms with Gasteiger partial charge in [-0.05, 0) is 47.2 Å². The van der Waals surface area contributed by atoms with Gasteiger partial charge in [-0.3, -0.25) is 9.69 Å². The largest absolute Gasteiger partial charge is 0.481 e. The van der Waals surface area contributed by atoms with Gasteiger partial charge in [0.2, 0.25) is 0 Å². The van der Waals surface area contributed by atoms with Crippen molar-refractivity contribution in [2.45, 2.75) is 71.1 Å². The third-order valence-corrected chi connectivity index (χ3v) is 4.18. The van der Waals surface area contributed by atoms with Gasteiger partial charge >= 0.3 is 5.97 Å².